The van der Waals surface area contributed by atoms with E-state index in [4.69, 9.17) is 4.74 Å². The van der Waals surface area contributed by atoms with Crippen LogP contribution in [0.4, 0.5) is 0 Å². The van der Waals surface area contributed by atoms with Crippen molar-refractivity contribution in [1.82, 2.24) is 4.90 Å². The molecule has 1 aliphatic carbocycles. The first-order chi connectivity index (χ1) is 10.2. The number of esters is 1. The average Bonchev–Trinajstić information content (AvgIpc) is 2.54. The van der Waals surface area contributed by atoms with Gasteiger partial charge in [0, 0.05) is 24.8 Å². The highest BCUT2D eigenvalue weighted by Crippen LogP contribution is 2.29. The van der Waals surface area contributed by atoms with Crippen molar-refractivity contribution in [2.45, 2.75) is 51.1 Å². The van der Waals surface area contributed by atoms with Crippen LogP contribution in [0.25, 0.3) is 0 Å². The van der Waals surface area contributed by atoms with E-state index in [-0.39, 0.29) is 5.97 Å². The Hall–Kier alpha value is -1.35. The van der Waals surface area contributed by atoms with Gasteiger partial charge in [0.15, 0.2) is 0 Å². The molecule has 0 bridgehead atoms. The van der Waals surface area contributed by atoms with Gasteiger partial charge in [-0.05, 0) is 25.2 Å². The lowest BCUT2D eigenvalue weighted by atomic mass is 9.83. The van der Waals surface area contributed by atoms with Gasteiger partial charge < -0.3 is 4.74 Å². The molecule has 0 amide bonds. The van der Waals surface area contributed by atoms with E-state index in [0.717, 1.165) is 13.0 Å². The van der Waals surface area contributed by atoms with Gasteiger partial charge in [-0.25, -0.2) is 0 Å². The predicted octanol–water partition coefficient (Wildman–Crippen LogP) is 3.47. The standard InChI is InChI=1S/C18H27NO2/c1-19(14-16-6-4-3-5-7-16)17-11-8-15(9-12-17)10-13-18(20)21-2/h3-7,15,17H,8-14H2,1-2H3/q+1/t15-,17-. The van der Waals surface area contributed by atoms with Crippen LogP contribution >= 0.6 is 0 Å². The summed E-state index contributed by atoms with van der Waals surface area (Å²) >= 11 is 0. The van der Waals surface area contributed by atoms with Gasteiger partial charge >= 0.3 is 5.97 Å². The molecule has 0 atom stereocenters. The number of ether oxygens (including phenoxy) is 1. The van der Waals surface area contributed by atoms with Crippen LogP contribution < -0.4 is 4.90 Å². The largest absolute Gasteiger partial charge is 0.469 e. The van der Waals surface area contributed by atoms with Gasteiger partial charge in [-0.3, -0.25) is 4.79 Å². The minimum Gasteiger partial charge on any atom is -0.469 e. The summed E-state index contributed by atoms with van der Waals surface area (Å²) in [6.07, 6.45) is 6.53. The Morgan fingerprint density at radius 2 is 1.86 bits per heavy atom. The van der Waals surface area contributed by atoms with Crippen molar-refractivity contribution < 1.29 is 9.53 Å². The fourth-order valence-electron chi connectivity index (χ4n) is 3.30. The second-order valence-corrected chi connectivity index (χ2v) is 6.19. The van der Waals surface area contributed by atoms with Crippen molar-refractivity contribution in [3.05, 3.63) is 35.9 Å². The maximum absolute atomic E-state index is 11.2. The van der Waals surface area contributed by atoms with Crippen molar-refractivity contribution in [2.75, 3.05) is 14.2 Å². The Morgan fingerprint density at radius 1 is 1.19 bits per heavy atom. The zero-order chi connectivity index (χ0) is 15.1. The Bertz CT molecular complexity index is 424. The van der Waals surface area contributed by atoms with Crippen LogP contribution in [0.5, 0.6) is 0 Å². The summed E-state index contributed by atoms with van der Waals surface area (Å²) in [7, 11) is 3.70. The first-order valence-corrected chi connectivity index (χ1v) is 8.00. The minimum atomic E-state index is -0.0710. The normalized spacial score (nSPS) is 22.2. The summed E-state index contributed by atoms with van der Waals surface area (Å²) in [6, 6.07) is 11.3. The van der Waals surface area contributed by atoms with Crippen LogP contribution in [0.3, 0.4) is 0 Å². The molecule has 1 saturated carbocycles. The SMILES string of the molecule is COC(=O)CC[C@H]1CC[C@H]([N+](C)Cc2ccccc2)CC1. The van der Waals surface area contributed by atoms with E-state index < -0.39 is 0 Å². The fraction of sp³-hybridized carbons (Fsp3) is 0.611. The molecule has 0 spiro atoms. The number of nitrogens with zero attached hydrogens (tertiary/aromatic N) is 1. The van der Waals surface area contributed by atoms with Crippen LogP contribution in [0.1, 0.15) is 44.1 Å². The summed E-state index contributed by atoms with van der Waals surface area (Å²) < 4.78 is 4.72. The van der Waals surface area contributed by atoms with Crippen LogP contribution in [0.15, 0.2) is 30.3 Å². The molecule has 115 valence electrons. The highest BCUT2D eigenvalue weighted by atomic mass is 16.5. The molecular formula is C18H27NO2+. The van der Waals surface area contributed by atoms with Crippen molar-refractivity contribution >= 4 is 5.97 Å². The molecule has 1 aliphatic rings. The molecule has 0 unspecified atom stereocenters. The van der Waals surface area contributed by atoms with Crippen molar-refractivity contribution in [2.24, 2.45) is 5.92 Å². The number of hydrogen-bond acceptors (Lipinski definition) is 3. The monoisotopic (exact) mass is 289 g/mol. The third-order valence-electron chi connectivity index (χ3n) is 4.70. The van der Waals surface area contributed by atoms with Crippen LogP contribution in [-0.2, 0) is 16.1 Å². The van der Waals surface area contributed by atoms with E-state index in [0.29, 0.717) is 18.4 Å². The molecule has 1 aromatic carbocycles. The number of benzene rings is 1. The Balaban J connectivity index is 1.72. The lowest BCUT2D eigenvalue weighted by molar-refractivity contribution is -0.141. The zero-order valence-electron chi connectivity index (χ0n) is 13.3. The van der Waals surface area contributed by atoms with Gasteiger partial charge in [-0.2, -0.15) is 4.90 Å². The molecule has 1 aromatic rings. The summed E-state index contributed by atoms with van der Waals surface area (Å²) in [5.74, 6) is 0.629. The number of methoxy groups -OCH3 is 1. The van der Waals surface area contributed by atoms with Crippen LogP contribution in [0, 0.1) is 5.92 Å². The maximum Gasteiger partial charge on any atom is 0.305 e. The Labute approximate surface area is 128 Å². The maximum atomic E-state index is 11.2. The van der Waals surface area contributed by atoms with E-state index in [1.54, 1.807) is 0 Å². The quantitative estimate of drug-likeness (QED) is 0.593. The minimum absolute atomic E-state index is 0.0710. The molecule has 0 heterocycles. The third-order valence-corrected chi connectivity index (χ3v) is 4.70. The van der Waals surface area contributed by atoms with Gasteiger partial charge in [0.1, 0.15) is 19.6 Å². The Morgan fingerprint density at radius 3 is 2.48 bits per heavy atom. The van der Waals surface area contributed by atoms with Gasteiger partial charge in [0.25, 0.3) is 0 Å². The highest BCUT2D eigenvalue weighted by molar-refractivity contribution is 5.69. The molecule has 1 fully saturated rings. The fourth-order valence-corrected chi connectivity index (χ4v) is 3.30. The molecule has 2 rings (SSSR count). The van der Waals surface area contributed by atoms with E-state index >= 15 is 0 Å². The average molecular weight is 289 g/mol. The van der Waals surface area contributed by atoms with E-state index in [9.17, 15) is 4.79 Å². The van der Waals surface area contributed by atoms with Crippen LogP contribution in [-0.4, -0.2) is 26.2 Å². The molecule has 21 heavy (non-hydrogen) atoms. The summed E-state index contributed by atoms with van der Waals surface area (Å²) in [5, 5.41) is 0. The highest BCUT2D eigenvalue weighted by Gasteiger charge is 2.30. The Kier molecular flexibility index (Phi) is 6.24. The molecule has 0 aromatic heterocycles. The second-order valence-electron chi connectivity index (χ2n) is 6.19. The van der Waals surface area contributed by atoms with Crippen LogP contribution in [0.2, 0.25) is 0 Å². The summed E-state index contributed by atoms with van der Waals surface area (Å²) in [6.45, 7) is 1.03. The zero-order valence-corrected chi connectivity index (χ0v) is 13.3. The number of carbonyl (C=O) groups is 1. The van der Waals surface area contributed by atoms with Gasteiger partial charge in [-0.1, -0.05) is 30.3 Å². The van der Waals surface area contributed by atoms with E-state index in [1.165, 1.54) is 38.4 Å². The van der Waals surface area contributed by atoms with Crippen molar-refractivity contribution in [3.8, 4) is 0 Å². The molecule has 3 heteroatoms. The molecule has 0 saturated heterocycles. The number of rotatable bonds is 6. The third kappa shape index (κ3) is 5.16. The molecule has 0 aliphatic heterocycles. The molecule has 1 radical (unpaired) electrons. The van der Waals surface area contributed by atoms with Gasteiger partial charge in [-0.15, -0.1) is 0 Å². The van der Waals surface area contributed by atoms with Gasteiger partial charge in [0.05, 0.1) is 7.11 Å². The number of hydrogen-bond donors (Lipinski definition) is 0. The summed E-state index contributed by atoms with van der Waals surface area (Å²) in [5.41, 5.74) is 1.38. The lowest BCUT2D eigenvalue weighted by Gasteiger charge is -2.28. The first kappa shape index (κ1) is 16.0. The molecule has 3 nitrogen and oxygen atoms in total. The lowest BCUT2D eigenvalue weighted by Crippen LogP contribution is -2.39. The smallest absolute Gasteiger partial charge is 0.305 e. The molecule has 0 N–H and O–H groups in total. The van der Waals surface area contributed by atoms with Crippen molar-refractivity contribution in [3.63, 3.8) is 0 Å². The molecular weight excluding hydrogens is 262 g/mol. The predicted molar refractivity (Wildman–Crippen MR) is 85.2 cm³/mol. The second kappa shape index (κ2) is 8.18. The van der Waals surface area contributed by atoms with E-state index in [2.05, 4.69) is 42.3 Å². The van der Waals surface area contributed by atoms with Gasteiger partial charge in [0.2, 0.25) is 0 Å². The number of carbonyl (C=O) groups excluding carboxylic acids is 1. The first-order valence-electron chi connectivity index (χ1n) is 8.00. The topological polar surface area (TPSA) is 32.2 Å². The van der Waals surface area contributed by atoms with E-state index in [1.807, 2.05) is 0 Å². The van der Waals surface area contributed by atoms with Crippen molar-refractivity contribution in [1.29, 1.82) is 0 Å². The summed E-state index contributed by atoms with van der Waals surface area (Å²) in [4.78, 5) is 13.7.